The van der Waals surface area contributed by atoms with Crippen molar-refractivity contribution < 1.29 is 19.2 Å². The number of fused-ring (bicyclic) bond motifs is 1. The Kier molecular flexibility index (Phi) is 4.37. The SMILES string of the molecule is CC(=O)c1cccc(NC(=O)CN2C(=O)c3ccc(Cl)cc3C2=O)c1. The van der Waals surface area contributed by atoms with Crippen molar-refractivity contribution in [2.24, 2.45) is 0 Å². The average Bonchev–Trinajstić information content (AvgIpc) is 2.79. The molecule has 1 N–H and O–H groups in total. The fourth-order valence-corrected chi connectivity index (χ4v) is 2.74. The van der Waals surface area contributed by atoms with Crippen LogP contribution in [0, 0.1) is 0 Å². The van der Waals surface area contributed by atoms with Gasteiger partial charge in [-0.25, -0.2) is 0 Å². The van der Waals surface area contributed by atoms with Crippen LogP contribution in [0.15, 0.2) is 42.5 Å². The quantitative estimate of drug-likeness (QED) is 0.674. The molecule has 1 heterocycles. The Morgan fingerprint density at radius 3 is 2.48 bits per heavy atom. The van der Waals surface area contributed by atoms with Crippen LogP contribution in [0.2, 0.25) is 5.02 Å². The maximum Gasteiger partial charge on any atom is 0.262 e. The van der Waals surface area contributed by atoms with Crippen molar-refractivity contribution in [2.45, 2.75) is 6.92 Å². The number of nitrogens with one attached hydrogen (secondary N) is 1. The van der Waals surface area contributed by atoms with Crippen LogP contribution in [0.25, 0.3) is 0 Å². The lowest BCUT2D eigenvalue weighted by atomic mass is 10.1. The number of carbonyl (C=O) groups excluding carboxylic acids is 4. The van der Waals surface area contributed by atoms with Crippen LogP contribution in [-0.4, -0.2) is 34.9 Å². The van der Waals surface area contributed by atoms with E-state index in [1.165, 1.54) is 31.2 Å². The zero-order chi connectivity index (χ0) is 18.1. The molecule has 7 heteroatoms. The van der Waals surface area contributed by atoms with E-state index < -0.39 is 24.3 Å². The highest BCUT2D eigenvalue weighted by Gasteiger charge is 2.36. The topological polar surface area (TPSA) is 83.6 Å². The van der Waals surface area contributed by atoms with E-state index in [2.05, 4.69) is 5.32 Å². The molecule has 0 bridgehead atoms. The number of carbonyl (C=O) groups is 4. The van der Waals surface area contributed by atoms with Gasteiger partial charge in [-0.3, -0.25) is 24.1 Å². The van der Waals surface area contributed by atoms with Gasteiger partial charge in [0.2, 0.25) is 5.91 Å². The molecule has 3 amide bonds. The monoisotopic (exact) mass is 356 g/mol. The molecule has 0 aromatic heterocycles. The summed E-state index contributed by atoms with van der Waals surface area (Å²) in [4.78, 5) is 49.0. The van der Waals surface area contributed by atoms with E-state index in [9.17, 15) is 19.2 Å². The van der Waals surface area contributed by atoms with Gasteiger partial charge in [0.05, 0.1) is 11.1 Å². The number of rotatable bonds is 4. The van der Waals surface area contributed by atoms with Gasteiger partial charge in [-0.15, -0.1) is 0 Å². The first-order valence-corrected chi connectivity index (χ1v) is 7.81. The number of imide groups is 1. The largest absolute Gasteiger partial charge is 0.325 e. The molecule has 3 rings (SSSR count). The molecular weight excluding hydrogens is 344 g/mol. The third-order valence-corrected chi connectivity index (χ3v) is 4.02. The molecule has 2 aromatic carbocycles. The molecule has 1 aliphatic rings. The highest BCUT2D eigenvalue weighted by molar-refractivity contribution is 6.32. The summed E-state index contributed by atoms with van der Waals surface area (Å²) in [5.41, 5.74) is 1.27. The first-order valence-electron chi connectivity index (χ1n) is 7.43. The van der Waals surface area contributed by atoms with Crippen molar-refractivity contribution in [3.05, 3.63) is 64.2 Å². The van der Waals surface area contributed by atoms with E-state index in [1.54, 1.807) is 18.2 Å². The van der Waals surface area contributed by atoms with Crippen molar-refractivity contribution in [1.29, 1.82) is 0 Å². The van der Waals surface area contributed by atoms with E-state index in [0.29, 0.717) is 16.3 Å². The maximum absolute atomic E-state index is 12.3. The molecular formula is C18H13ClN2O4. The second kappa shape index (κ2) is 6.49. The number of halogens is 1. The normalized spacial score (nSPS) is 13.0. The van der Waals surface area contributed by atoms with Gasteiger partial charge in [0, 0.05) is 16.3 Å². The van der Waals surface area contributed by atoms with E-state index in [4.69, 9.17) is 11.6 Å². The first kappa shape index (κ1) is 16.9. The van der Waals surface area contributed by atoms with Crippen LogP contribution >= 0.6 is 11.6 Å². The first-order chi connectivity index (χ1) is 11.9. The van der Waals surface area contributed by atoms with Crippen LogP contribution in [0.3, 0.4) is 0 Å². The minimum atomic E-state index is -0.560. The van der Waals surface area contributed by atoms with Crippen LogP contribution in [0.5, 0.6) is 0 Å². The predicted molar refractivity (Wildman–Crippen MR) is 91.9 cm³/mol. The van der Waals surface area contributed by atoms with Crippen molar-refractivity contribution in [1.82, 2.24) is 4.90 Å². The Hall–Kier alpha value is -2.99. The molecule has 0 spiro atoms. The second-order valence-corrected chi connectivity index (χ2v) is 6.01. The van der Waals surface area contributed by atoms with Gasteiger partial charge >= 0.3 is 0 Å². The Labute approximate surface area is 148 Å². The minimum Gasteiger partial charge on any atom is -0.325 e. The van der Waals surface area contributed by atoms with Gasteiger partial charge in [0.25, 0.3) is 11.8 Å². The van der Waals surface area contributed by atoms with Crippen LogP contribution < -0.4 is 5.32 Å². The van der Waals surface area contributed by atoms with Gasteiger partial charge in [0.1, 0.15) is 6.54 Å². The summed E-state index contributed by atoms with van der Waals surface area (Å²) in [6, 6.07) is 10.8. The second-order valence-electron chi connectivity index (χ2n) is 5.57. The third-order valence-electron chi connectivity index (χ3n) is 3.79. The molecule has 0 unspecified atom stereocenters. The minimum absolute atomic E-state index is 0.131. The third kappa shape index (κ3) is 3.29. The standard InChI is InChI=1S/C18H13ClN2O4/c1-10(22)11-3-2-4-13(7-11)20-16(23)9-21-17(24)14-6-5-12(19)8-15(14)18(21)25/h2-8H,9H2,1H3,(H,20,23). The Morgan fingerprint density at radius 2 is 1.76 bits per heavy atom. The molecule has 0 atom stereocenters. The number of nitrogens with zero attached hydrogens (tertiary/aromatic N) is 1. The molecule has 1 aliphatic heterocycles. The van der Waals surface area contributed by atoms with Crippen molar-refractivity contribution in [3.63, 3.8) is 0 Å². The number of benzene rings is 2. The highest BCUT2D eigenvalue weighted by Crippen LogP contribution is 2.25. The summed E-state index contributed by atoms with van der Waals surface area (Å²) in [7, 11) is 0. The van der Waals surface area contributed by atoms with Crippen molar-refractivity contribution in [3.8, 4) is 0 Å². The number of amides is 3. The Balaban J connectivity index is 1.74. The van der Waals surface area contributed by atoms with Crippen LogP contribution in [0.1, 0.15) is 38.0 Å². The van der Waals surface area contributed by atoms with Gasteiger partial charge in [-0.05, 0) is 37.3 Å². The number of Topliss-reactive ketones (excluding diaryl/α,β-unsaturated/α-hetero) is 1. The lowest BCUT2D eigenvalue weighted by Crippen LogP contribution is -2.37. The summed E-state index contributed by atoms with van der Waals surface area (Å²) >= 11 is 5.85. The van der Waals surface area contributed by atoms with Gasteiger partial charge in [0.15, 0.2) is 5.78 Å². The van der Waals surface area contributed by atoms with E-state index in [-0.39, 0.29) is 16.9 Å². The molecule has 2 aromatic rings. The smallest absolute Gasteiger partial charge is 0.262 e. The summed E-state index contributed by atoms with van der Waals surface area (Å²) in [6.07, 6.45) is 0. The Bertz CT molecular complexity index is 923. The fraction of sp³-hybridized carbons (Fsp3) is 0.111. The average molecular weight is 357 g/mol. The molecule has 0 aliphatic carbocycles. The van der Waals surface area contributed by atoms with Gasteiger partial charge in [-0.1, -0.05) is 23.7 Å². The van der Waals surface area contributed by atoms with Gasteiger partial charge in [-0.2, -0.15) is 0 Å². The summed E-state index contributed by atoms with van der Waals surface area (Å²) in [6.45, 7) is 0.999. The van der Waals surface area contributed by atoms with Gasteiger partial charge < -0.3 is 5.32 Å². The van der Waals surface area contributed by atoms with Crippen LogP contribution in [0.4, 0.5) is 5.69 Å². The van der Waals surface area contributed by atoms with Crippen molar-refractivity contribution >= 4 is 40.8 Å². The molecule has 0 saturated carbocycles. The summed E-state index contributed by atoms with van der Waals surface area (Å²) < 4.78 is 0. The molecule has 126 valence electrons. The number of anilines is 1. The zero-order valence-electron chi connectivity index (χ0n) is 13.2. The zero-order valence-corrected chi connectivity index (χ0v) is 14.0. The lowest BCUT2D eigenvalue weighted by Gasteiger charge is -2.13. The number of ketones is 1. The van der Waals surface area contributed by atoms with E-state index in [0.717, 1.165) is 4.90 Å². The predicted octanol–water partition coefficient (Wildman–Crippen LogP) is 2.78. The highest BCUT2D eigenvalue weighted by atomic mass is 35.5. The number of hydrogen-bond donors (Lipinski definition) is 1. The number of hydrogen-bond acceptors (Lipinski definition) is 4. The lowest BCUT2D eigenvalue weighted by molar-refractivity contribution is -0.116. The van der Waals surface area contributed by atoms with Crippen molar-refractivity contribution in [2.75, 3.05) is 11.9 Å². The maximum atomic E-state index is 12.3. The Morgan fingerprint density at radius 1 is 1.04 bits per heavy atom. The molecule has 6 nitrogen and oxygen atoms in total. The van der Waals surface area contributed by atoms with E-state index >= 15 is 0 Å². The summed E-state index contributed by atoms with van der Waals surface area (Å²) in [5.74, 6) is -1.77. The molecule has 0 radical (unpaired) electrons. The molecule has 0 fully saturated rings. The fourth-order valence-electron chi connectivity index (χ4n) is 2.57. The summed E-state index contributed by atoms with van der Waals surface area (Å²) in [5, 5.41) is 2.92. The molecule has 25 heavy (non-hydrogen) atoms. The van der Waals surface area contributed by atoms with E-state index in [1.807, 2.05) is 0 Å². The van der Waals surface area contributed by atoms with Crippen LogP contribution in [-0.2, 0) is 4.79 Å². The molecule has 0 saturated heterocycles.